The highest BCUT2D eigenvalue weighted by atomic mass is 35.5. The molecule has 0 aliphatic carbocycles. The van der Waals surface area contributed by atoms with Crippen LogP contribution in [0.5, 0.6) is 0 Å². The van der Waals surface area contributed by atoms with Crippen LogP contribution in [-0.4, -0.2) is 0 Å². The van der Waals surface area contributed by atoms with E-state index in [2.05, 4.69) is 6.92 Å². The summed E-state index contributed by atoms with van der Waals surface area (Å²) < 4.78 is 0. The van der Waals surface area contributed by atoms with E-state index in [1.807, 2.05) is 19.9 Å². The van der Waals surface area contributed by atoms with E-state index in [1.165, 1.54) is 0 Å². The van der Waals surface area contributed by atoms with E-state index in [9.17, 15) is 0 Å². The Morgan fingerprint density at radius 3 is 2.18 bits per heavy atom. The molecule has 0 aromatic rings. The van der Waals surface area contributed by atoms with Gasteiger partial charge in [0.2, 0.25) is 0 Å². The minimum Gasteiger partial charge on any atom is -0.0831 e. The van der Waals surface area contributed by atoms with Gasteiger partial charge in [-0.15, -0.1) is 0 Å². The largest absolute Gasteiger partial charge is 0.0831 e. The van der Waals surface area contributed by atoms with Gasteiger partial charge in [0.1, 0.15) is 0 Å². The summed E-state index contributed by atoms with van der Waals surface area (Å²) >= 11 is 11.8. The third kappa shape index (κ3) is 3.83. The van der Waals surface area contributed by atoms with Gasteiger partial charge in [-0.05, 0) is 19.8 Å². The van der Waals surface area contributed by atoms with E-state index in [4.69, 9.17) is 23.2 Å². The Balaban J connectivity index is 4.46. The van der Waals surface area contributed by atoms with Crippen LogP contribution < -0.4 is 0 Å². The fraction of sp³-hybridized carbons (Fsp3) is 0.556. The molecular formula is C9H14Cl2. The van der Waals surface area contributed by atoms with Crippen molar-refractivity contribution < 1.29 is 0 Å². The van der Waals surface area contributed by atoms with E-state index in [0.717, 1.165) is 18.4 Å². The average molecular weight is 193 g/mol. The fourth-order valence-corrected chi connectivity index (χ4v) is 1.15. The average Bonchev–Trinajstić information content (AvgIpc) is 2.02. The summed E-state index contributed by atoms with van der Waals surface area (Å²) in [5.41, 5.74) is 1.14. The molecule has 0 nitrogen and oxygen atoms in total. The molecule has 0 unspecified atom stereocenters. The van der Waals surface area contributed by atoms with Gasteiger partial charge < -0.3 is 0 Å². The Bertz CT molecular complexity index is 178. The van der Waals surface area contributed by atoms with E-state index < -0.39 is 0 Å². The summed E-state index contributed by atoms with van der Waals surface area (Å²) in [6.45, 7) is 6.09. The van der Waals surface area contributed by atoms with Crippen molar-refractivity contribution in [2.45, 2.75) is 33.6 Å². The number of rotatable bonds is 3. The summed E-state index contributed by atoms with van der Waals surface area (Å²) in [7, 11) is 0. The van der Waals surface area contributed by atoms with E-state index >= 15 is 0 Å². The summed E-state index contributed by atoms with van der Waals surface area (Å²) in [6, 6.07) is 0. The second kappa shape index (κ2) is 5.68. The van der Waals surface area contributed by atoms with Crippen LogP contribution in [0, 0.1) is 0 Å². The molecule has 2 heteroatoms. The quantitative estimate of drug-likeness (QED) is 0.581. The third-order valence-electron chi connectivity index (χ3n) is 1.50. The summed E-state index contributed by atoms with van der Waals surface area (Å²) in [5.74, 6) is 0. The van der Waals surface area contributed by atoms with Crippen LogP contribution >= 0.6 is 23.2 Å². The molecule has 0 saturated carbocycles. The minimum atomic E-state index is 0.675. The zero-order valence-electron chi connectivity index (χ0n) is 7.25. The molecule has 0 aromatic carbocycles. The monoisotopic (exact) mass is 192 g/mol. The van der Waals surface area contributed by atoms with Crippen LogP contribution in [0.2, 0.25) is 0 Å². The van der Waals surface area contributed by atoms with Gasteiger partial charge in [0, 0.05) is 0 Å². The first kappa shape index (κ1) is 11.1. The highest BCUT2D eigenvalue weighted by molar-refractivity contribution is 6.44. The molecule has 0 heterocycles. The van der Waals surface area contributed by atoms with Crippen LogP contribution in [0.3, 0.4) is 0 Å². The second-order valence-corrected chi connectivity index (χ2v) is 3.19. The van der Waals surface area contributed by atoms with Gasteiger partial charge in [-0.25, -0.2) is 0 Å². The van der Waals surface area contributed by atoms with Crippen molar-refractivity contribution in [3.05, 3.63) is 21.7 Å². The first-order valence-electron chi connectivity index (χ1n) is 3.84. The lowest BCUT2D eigenvalue weighted by atomic mass is 10.2. The highest BCUT2D eigenvalue weighted by Gasteiger charge is 2.00. The Kier molecular flexibility index (Phi) is 5.71. The topological polar surface area (TPSA) is 0 Å². The molecule has 0 rings (SSSR count). The first-order chi connectivity index (χ1) is 5.13. The van der Waals surface area contributed by atoms with Crippen LogP contribution in [0.15, 0.2) is 21.7 Å². The molecule has 64 valence electrons. The fourth-order valence-electron chi connectivity index (χ4n) is 0.628. The van der Waals surface area contributed by atoms with Crippen molar-refractivity contribution in [3.8, 4) is 0 Å². The smallest absolute Gasteiger partial charge is 0.0578 e. The summed E-state index contributed by atoms with van der Waals surface area (Å²) in [6.07, 6.45) is 3.79. The number of hydrogen-bond donors (Lipinski definition) is 0. The predicted octanol–water partition coefficient (Wildman–Crippen LogP) is 4.44. The van der Waals surface area contributed by atoms with Gasteiger partial charge in [0.25, 0.3) is 0 Å². The van der Waals surface area contributed by atoms with Crippen molar-refractivity contribution in [2.75, 3.05) is 0 Å². The molecule has 11 heavy (non-hydrogen) atoms. The minimum absolute atomic E-state index is 0.675. The molecule has 0 fully saturated rings. The van der Waals surface area contributed by atoms with Crippen molar-refractivity contribution in [1.82, 2.24) is 0 Å². The summed E-state index contributed by atoms with van der Waals surface area (Å²) in [4.78, 5) is 0. The second-order valence-electron chi connectivity index (χ2n) is 2.41. The molecule has 0 bridgehead atoms. The molecule has 0 radical (unpaired) electrons. The van der Waals surface area contributed by atoms with Crippen molar-refractivity contribution in [2.24, 2.45) is 0 Å². The van der Waals surface area contributed by atoms with Gasteiger partial charge in [0.05, 0.1) is 10.1 Å². The standard InChI is InChI=1S/C9H14Cl2/c1-4-6-8(10)9(11)7(3)5-2/h6H,4-5H2,1-3H3/b8-6+,9-7+. The van der Waals surface area contributed by atoms with E-state index in [1.54, 1.807) is 0 Å². The summed E-state index contributed by atoms with van der Waals surface area (Å²) in [5, 5.41) is 1.38. The molecule has 0 spiro atoms. The van der Waals surface area contributed by atoms with E-state index in [0.29, 0.717) is 10.1 Å². The van der Waals surface area contributed by atoms with Gasteiger partial charge >= 0.3 is 0 Å². The van der Waals surface area contributed by atoms with Crippen LogP contribution in [-0.2, 0) is 0 Å². The van der Waals surface area contributed by atoms with Crippen molar-refractivity contribution >= 4 is 23.2 Å². The highest BCUT2D eigenvalue weighted by Crippen LogP contribution is 2.24. The van der Waals surface area contributed by atoms with Crippen molar-refractivity contribution in [3.63, 3.8) is 0 Å². The van der Waals surface area contributed by atoms with Gasteiger partial charge in [-0.3, -0.25) is 0 Å². The molecule has 0 amide bonds. The number of allylic oxidation sites excluding steroid dienone is 4. The van der Waals surface area contributed by atoms with Crippen LogP contribution in [0.4, 0.5) is 0 Å². The van der Waals surface area contributed by atoms with Crippen molar-refractivity contribution in [1.29, 1.82) is 0 Å². The van der Waals surface area contributed by atoms with Gasteiger partial charge in [-0.2, -0.15) is 0 Å². The molecule has 0 atom stereocenters. The van der Waals surface area contributed by atoms with Crippen LogP contribution in [0.1, 0.15) is 33.6 Å². The maximum atomic E-state index is 5.94. The molecule has 0 aromatic heterocycles. The Hall–Kier alpha value is 0.0600. The Morgan fingerprint density at radius 2 is 1.82 bits per heavy atom. The first-order valence-corrected chi connectivity index (χ1v) is 4.60. The lowest BCUT2D eigenvalue weighted by Crippen LogP contribution is -1.80. The lowest BCUT2D eigenvalue weighted by Gasteiger charge is -2.00. The molecule has 0 saturated heterocycles. The third-order valence-corrected chi connectivity index (χ3v) is 2.46. The number of hydrogen-bond acceptors (Lipinski definition) is 0. The molecule has 0 N–H and O–H groups in total. The lowest BCUT2D eigenvalue weighted by molar-refractivity contribution is 1.09. The maximum absolute atomic E-state index is 5.94. The SMILES string of the molecule is CC/C=C(Cl)\C(Cl)=C(\C)CC. The normalized spacial score (nSPS) is 14.8. The Labute approximate surface area is 78.9 Å². The van der Waals surface area contributed by atoms with Gasteiger partial charge in [-0.1, -0.05) is 48.7 Å². The molecular weight excluding hydrogens is 179 g/mol. The number of halogens is 2. The van der Waals surface area contributed by atoms with Gasteiger partial charge in [0.15, 0.2) is 0 Å². The van der Waals surface area contributed by atoms with Crippen LogP contribution in [0.25, 0.3) is 0 Å². The van der Waals surface area contributed by atoms with E-state index in [-0.39, 0.29) is 0 Å². The zero-order valence-corrected chi connectivity index (χ0v) is 8.76. The molecule has 0 aliphatic heterocycles. The Morgan fingerprint density at radius 1 is 1.27 bits per heavy atom. The molecule has 0 aliphatic rings. The maximum Gasteiger partial charge on any atom is 0.0578 e. The predicted molar refractivity (Wildman–Crippen MR) is 53.1 cm³/mol. The zero-order chi connectivity index (χ0) is 8.85.